The van der Waals surface area contributed by atoms with E-state index in [1.807, 2.05) is 0 Å². The SMILES string of the molecule is CC(C)(C)C.CC(C)(C)C.c1nncs1. The van der Waals surface area contributed by atoms with E-state index in [9.17, 15) is 0 Å². The van der Waals surface area contributed by atoms with E-state index < -0.39 is 0 Å². The minimum absolute atomic E-state index is 0.500. The summed E-state index contributed by atoms with van der Waals surface area (Å²) in [5.74, 6) is 0. The average molecular weight is 230 g/mol. The van der Waals surface area contributed by atoms with Crippen LogP contribution in [0.25, 0.3) is 0 Å². The molecule has 0 amide bonds. The molecule has 0 aliphatic heterocycles. The molecule has 0 N–H and O–H groups in total. The van der Waals surface area contributed by atoms with E-state index >= 15 is 0 Å². The van der Waals surface area contributed by atoms with Crippen LogP contribution >= 0.6 is 11.3 Å². The van der Waals surface area contributed by atoms with Crippen molar-refractivity contribution in [2.75, 3.05) is 0 Å². The first kappa shape index (κ1) is 17.0. The highest BCUT2D eigenvalue weighted by atomic mass is 32.1. The molecule has 15 heavy (non-hydrogen) atoms. The first-order chi connectivity index (χ1) is 6.50. The monoisotopic (exact) mass is 230 g/mol. The topological polar surface area (TPSA) is 25.8 Å². The van der Waals surface area contributed by atoms with Gasteiger partial charge >= 0.3 is 0 Å². The highest BCUT2D eigenvalue weighted by Gasteiger charge is 1.96. The van der Waals surface area contributed by atoms with Crippen LogP contribution in [0.4, 0.5) is 0 Å². The molecule has 0 fully saturated rings. The molecule has 0 aromatic carbocycles. The molecular formula is C12H26N2S. The van der Waals surface area contributed by atoms with E-state index in [1.54, 1.807) is 11.0 Å². The van der Waals surface area contributed by atoms with Gasteiger partial charge < -0.3 is 0 Å². The lowest BCUT2D eigenvalue weighted by molar-refractivity contribution is 0.469. The Hall–Kier alpha value is -0.440. The molecule has 0 aliphatic rings. The molecule has 1 heterocycles. The first-order valence-corrected chi connectivity index (χ1v) is 6.13. The third kappa shape index (κ3) is 87.1. The molecule has 2 nitrogen and oxygen atoms in total. The van der Waals surface area contributed by atoms with E-state index in [-0.39, 0.29) is 0 Å². The average Bonchev–Trinajstić information content (AvgIpc) is 2.28. The van der Waals surface area contributed by atoms with Crippen LogP contribution in [0.15, 0.2) is 11.0 Å². The fourth-order valence-electron chi connectivity index (χ4n) is 0.136. The zero-order valence-electron chi connectivity index (χ0n) is 11.5. The van der Waals surface area contributed by atoms with Crippen LogP contribution in [-0.4, -0.2) is 10.2 Å². The number of nitrogens with zero attached hydrogens (tertiary/aromatic N) is 2. The molecule has 0 radical (unpaired) electrons. The van der Waals surface area contributed by atoms with Crippen LogP contribution in [0.1, 0.15) is 55.4 Å². The van der Waals surface area contributed by atoms with E-state index in [2.05, 4.69) is 65.6 Å². The van der Waals surface area contributed by atoms with E-state index in [0.717, 1.165) is 0 Å². The molecule has 0 unspecified atom stereocenters. The molecule has 0 aliphatic carbocycles. The lowest BCUT2D eigenvalue weighted by Gasteiger charge is -2.05. The second-order valence-electron chi connectivity index (χ2n) is 6.58. The summed E-state index contributed by atoms with van der Waals surface area (Å²) in [5.41, 5.74) is 4.36. The van der Waals surface area contributed by atoms with Crippen LogP contribution in [0, 0.1) is 10.8 Å². The Morgan fingerprint density at radius 3 is 0.933 bits per heavy atom. The molecule has 0 bridgehead atoms. The quantitative estimate of drug-likeness (QED) is 0.648. The van der Waals surface area contributed by atoms with Crippen molar-refractivity contribution in [2.45, 2.75) is 55.4 Å². The van der Waals surface area contributed by atoms with E-state index in [1.165, 1.54) is 11.3 Å². The maximum Gasteiger partial charge on any atom is 0.103 e. The summed E-state index contributed by atoms with van der Waals surface area (Å²) >= 11 is 1.49. The van der Waals surface area contributed by atoms with Crippen molar-refractivity contribution >= 4 is 11.3 Å². The Morgan fingerprint density at radius 1 is 0.667 bits per heavy atom. The van der Waals surface area contributed by atoms with Crippen molar-refractivity contribution in [1.29, 1.82) is 0 Å². The predicted molar refractivity (Wildman–Crippen MR) is 70.2 cm³/mol. The molecule has 0 atom stereocenters. The van der Waals surface area contributed by atoms with Gasteiger partial charge in [0.2, 0.25) is 0 Å². The summed E-state index contributed by atoms with van der Waals surface area (Å²) in [6.45, 7) is 17.5. The van der Waals surface area contributed by atoms with Crippen LogP contribution in [0.5, 0.6) is 0 Å². The predicted octanol–water partition coefficient (Wildman–Crippen LogP) is 4.64. The highest BCUT2D eigenvalue weighted by Crippen LogP contribution is 2.08. The Bertz CT molecular complexity index is 163. The second-order valence-corrected chi connectivity index (χ2v) is 7.27. The Labute approximate surface area is 99.1 Å². The summed E-state index contributed by atoms with van der Waals surface area (Å²) in [5, 5.41) is 6.98. The number of hydrogen-bond acceptors (Lipinski definition) is 3. The largest absolute Gasteiger partial charge is 0.147 e. The van der Waals surface area contributed by atoms with Crippen molar-refractivity contribution in [3.8, 4) is 0 Å². The molecule has 0 saturated carbocycles. The van der Waals surface area contributed by atoms with Gasteiger partial charge in [-0.25, -0.2) is 0 Å². The van der Waals surface area contributed by atoms with Crippen LogP contribution < -0.4 is 0 Å². The number of aromatic nitrogens is 2. The fraction of sp³-hybridized carbons (Fsp3) is 0.833. The van der Waals surface area contributed by atoms with Gasteiger partial charge in [0.05, 0.1) is 0 Å². The summed E-state index contributed by atoms with van der Waals surface area (Å²) in [7, 11) is 0. The maximum atomic E-state index is 3.49. The third-order valence-electron chi connectivity index (χ3n) is 0.283. The van der Waals surface area contributed by atoms with Crippen molar-refractivity contribution in [1.82, 2.24) is 10.2 Å². The summed E-state index contributed by atoms with van der Waals surface area (Å²) in [6.07, 6.45) is 0. The molecular weight excluding hydrogens is 204 g/mol. The first-order valence-electron chi connectivity index (χ1n) is 5.19. The summed E-state index contributed by atoms with van der Waals surface area (Å²) in [6, 6.07) is 0. The van der Waals surface area contributed by atoms with Crippen molar-refractivity contribution in [2.24, 2.45) is 10.8 Å². The van der Waals surface area contributed by atoms with Gasteiger partial charge in [0.1, 0.15) is 11.0 Å². The van der Waals surface area contributed by atoms with Gasteiger partial charge in [-0.3, -0.25) is 0 Å². The van der Waals surface area contributed by atoms with Crippen molar-refractivity contribution in [3.63, 3.8) is 0 Å². The molecule has 0 spiro atoms. The standard InChI is InChI=1S/2C5H12.C2H2N2S/c2*1-5(2,3)4;1-3-4-2-5-1/h2*1-4H3;1-2H. The summed E-state index contributed by atoms with van der Waals surface area (Å²) in [4.78, 5) is 0. The van der Waals surface area contributed by atoms with Crippen LogP contribution in [0.2, 0.25) is 0 Å². The lowest BCUT2D eigenvalue weighted by atomic mass is 10.0. The van der Waals surface area contributed by atoms with E-state index in [0.29, 0.717) is 10.8 Å². The van der Waals surface area contributed by atoms with Gasteiger partial charge in [-0.15, -0.1) is 21.5 Å². The van der Waals surface area contributed by atoms with E-state index in [4.69, 9.17) is 0 Å². The van der Waals surface area contributed by atoms with Crippen molar-refractivity contribution in [3.05, 3.63) is 11.0 Å². The Morgan fingerprint density at radius 2 is 0.867 bits per heavy atom. The zero-order valence-corrected chi connectivity index (χ0v) is 12.3. The zero-order chi connectivity index (χ0) is 12.5. The van der Waals surface area contributed by atoms with Crippen LogP contribution in [-0.2, 0) is 0 Å². The number of hydrogen-bond donors (Lipinski definition) is 0. The maximum absolute atomic E-state index is 3.49. The molecule has 90 valence electrons. The van der Waals surface area contributed by atoms with Gasteiger partial charge in [0, 0.05) is 0 Å². The fourth-order valence-corrected chi connectivity index (χ4v) is 0.408. The molecule has 0 saturated heterocycles. The molecule has 1 aromatic heterocycles. The van der Waals surface area contributed by atoms with Gasteiger partial charge in [-0.1, -0.05) is 55.4 Å². The normalized spacial score (nSPS) is 10.7. The summed E-state index contributed by atoms with van der Waals surface area (Å²) < 4.78 is 0. The highest BCUT2D eigenvalue weighted by molar-refractivity contribution is 7.07. The van der Waals surface area contributed by atoms with Gasteiger partial charge in [-0.05, 0) is 10.8 Å². The molecule has 1 rings (SSSR count). The lowest BCUT2D eigenvalue weighted by Crippen LogP contribution is -1.93. The Balaban J connectivity index is 0. The molecule has 1 aromatic rings. The van der Waals surface area contributed by atoms with Crippen molar-refractivity contribution < 1.29 is 0 Å². The second kappa shape index (κ2) is 7.80. The van der Waals surface area contributed by atoms with Gasteiger partial charge in [0.25, 0.3) is 0 Å². The number of rotatable bonds is 0. The third-order valence-corrected chi connectivity index (χ3v) is 0.715. The van der Waals surface area contributed by atoms with Gasteiger partial charge in [-0.2, -0.15) is 0 Å². The molecule has 3 heteroatoms. The smallest absolute Gasteiger partial charge is 0.103 e. The minimum Gasteiger partial charge on any atom is -0.147 e. The van der Waals surface area contributed by atoms with Crippen LogP contribution in [0.3, 0.4) is 0 Å². The Kier molecular flexibility index (Phi) is 8.83. The van der Waals surface area contributed by atoms with Gasteiger partial charge in [0.15, 0.2) is 0 Å². The minimum atomic E-state index is 0.500.